The molecule has 0 aliphatic heterocycles. The Balaban J connectivity index is 2.23. The molecule has 0 atom stereocenters. The third-order valence-electron chi connectivity index (χ3n) is 2.73. The zero-order chi connectivity index (χ0) is 15.6. The van der Waals surface area contributed by atoms with E-state index in [2.05, 4.69) is 21.2 Å². The average molecular weight is 361 g/mol. The SMILES string of the molecule is O=[N+]([O-])c1cccc(CNc2cc(Br)c(F)cc2F)c1F. The van der Waals surface area contributed by atoms with Gasteiger partial charge in [0.2, 0.25) is 5.82 Å². The molecule has 0 fully saturated rings. The Labute approximate surface area is 125 Å². The third kappa shape index (κ3) is 3.33. The number of rotatable bonds is 4. The number of nitrogens with one attached hydrogen (secondary N) is 1. The maximum atomic E-state index is 13.8. The lowest BCUT2D eigenvalue weighted by Gasteiger charge is -2.09. The molecule has 0 saturated heterocycles. The number of nitrogens with zero attached hydrogens (tertiary/aromatic N) is 1. The number of halogens is 4. The summed E-state index contributed by atoms with van der Waals surface area (Å²) < 4.78 is 40.5. The van der Waals surface area contributed by atoms with E-state index in [1.54, 1.807) is 0 Å². The molecule has 4 nitrogen and oxygen atoms in total. The predicted molar refractivity (Wildman–Crippen MR) is 74.4 cm³/mol. The summed E-state index contributed by atoms with van der Waals surface area (Å²) in [6, 6.07) is 5.55. The molecule has 0 radical (unpaired) electrons. The zero-order valence-electron chi connectivity index (χ0n) is 10.4. The fourth-order valence-corrected chi connectivity index (χ4v) is 2.04. The number of hydrogen-bond acceptors (Lipinski definition) is 3. The highest BCUT2D eigenvalue weighted by molar-refractivity contribution is 9.10. The molecule has 0 saturated carbocycles. The molecule has 21 heavy (non-hydrogen) atoms. The van der Waals surface area contributed by atoms with Crippen LogP contribution in [-0.2, 0) is 6.54 Å². The van der Waals surface area contributed by atoms with Gasteiger partial charge in [0.25, 0.3) is 0 Å². The minimum Gasteiger partial charge on any atom is -0.378 e. The largest absolute Gasteiger partial charge is 0.378 e. The summed E-state index contributed by atoms with van der Waals surface area (Å²) in [6.45, 7) is -0.178. The smallest absolute Gasteiger partial charge is 0.305 e. The van der Waals surface area contributed by atoms with E-state index in [0.717, 1.165) is 6.07 Å². The van der Waals surface area contributed by atoms with Crippen molar-refractivity contribution in [3.63, 3.8) is 0 Å². The normalized spacial score (nSPS) is 10.5. The second kappa shape index (κ2) is 6.13. The Morgan fingerprint density at radius 2 is 1.90 bits per heavy atom. The van der Waals surface area contributed by atoms with Crippen molar-refractivity contribution in [2.45, 2.75) is 6.54 Å². The summed E-state index contributed by atoms with van der Waals surface area (Å²) >= 11 is 2.91. The Morgan fingerprint density at radius 3 is 2.57 bits per heavy atom. The second-order valence-electron chi connectivity index (χ2n) is 4.11. The lowest BCUT2D eigenvalue weighted by atomic mass is 10.1. The molecular weight excluding hydrogens is 353 g/mol. The van der Waals surface area contributed by atoms with Crippen LogP contribution >= 0.6 is 15.9 Å². The summed E-state index contributed by atoms with van der Waals surface area (Å²) in [4.78, 5) is 9.78. The van der Waals surface area contributed by atoms with Crippen molar-refractivity contribution in [3.8, 4) is 0 Å². The topological polar surface area (TPSA) is 55.2 Å². The van der Waals surface area contributed by atoms with E-state index >= 15 is 0 Å². The van der Waals surface area contributed by atoms with Gasteiger partial charge in [-0.05, 0) is 22.0 Å². The lowest BCUT2D eigenvalue weighted by molar-refractivity contribution is -0.387. The molecule has 0 amide bonds. The number of nitro groups is 1. The first kappa shape index (κ1) is 15.3. The molecule has 2 aromatic rings. The van der Waals surface area contributed by atoms with Crippen molar-refractivity contribution in [1.29, 1.82) is 0 Å². The second-order valence-corrected chi connectivity index (χ2v) is 4.96. The Bertz CT molecular complexity index is 710. The van der Waals surface area contributed by atoms with Crippen LogP contribution in [0.3, 0.4) is 0 Å². The fourth-order valence-electron chi connectivity index (χ4n) is 1.69. The first-order valence-corrected chi connectivity index (χ1v) is 6.49. The van der Waals surface area contributed by atoms with Crippen molar-refractivity contribution >= 4 is 27.3 Å². The maximum Gasteiger partial charge on any atom is 0.305 e. The van der Waals surface area contributed by atoms with E-state index < -0.39 is 28.1 Å². The molecule has 1 N–H and O–H groups in total. The van der Waals surface area contributed by atoms with E-state index in [1.807, 2.05) is 0 Å². The van der Waals surface area contributed by atoms with Gasteiger partial charge in [0.15, 0.2) is 0 Å². The third-order valence-corrected chi connectivity index (χ3v) is 3.34. The van der Waals surface area contributed by atoms with Gasteiger partial charge < -0.3 is 5.32 Å². The molecule has 0 aromatic heterocycles. The van der Waals surface area contributed by atoms with Crippen LogP contribution < -0.4 is 5.32 Å². The summed E-state index contributed by atoms with van der Waals surface area (Å²) in [7, 11) is 0. The summed E-state index contributed by atoms with van der Waals surface area (Å²) in [5, 5.41) is 13.2. The minimum atomic E-state index is -0.989. The van der Waals surface area contributed by atoms with E-state index in [-0.39, 0.29) is 22.3 Å². The van der Waals surface area contributed by atoms with Gasteiger partial charge in [0, 0.05) is 24.2 Å². The zero-order valence-corrected chi connectivity index (χ0v) is 12.0. The van der Waals surface area contributed by atoms with Gasteiger partial charge in [0.05, 0.1) is 15.1 Å². The highest BCUT2D eigenvalue weighted by Crippen LogP contribution is 2.25. The van der Waals surface area contributed by atoms with Gasteiger partial charge in [0.1, 0.15) is 11.6 Å². The van der Waals surface area contributed by atoms with E-state index in [0.29, 0.717) is 6.07 Å². The number of nitro benzene ring substituents is 1. The molecule has 0 aliphatic rings. The van der Waals surface area contributed by atoms with Crippen LogP contribution in [0.2, 0.25) is 0 Å². The first-order valence-electron chi connectivity index (χ1n) is 5.70. The summed E-state index contributed by atoms with van der Waals surface area (Å²) in [5.41, 5.74) is -0.701. The van der Waals surface area contributed by atoms with Crippen LogP contribution in [0.25, 0.3) is 0 Å². The van der Waals surface area contributed by atoms with E-state index in [9.17, 15) is 23.3 Å². The molecular formula is C13H8BrF3N2O2. The number of hydrogen-bond donors (Lipinski definition) is 1. The molecule has 0 aliphatic carbocycles. The van der Waals surface area contributed by atoms with Gasteiger partial charge in [-0.3, -0.25) is 10.1 Å². The number of anilines is 1. The summed E-state index contributed by atoms with van der Waals surface area (Å²) in [6.07, 6.45) is 0. The first-order chi connectivity index (χ1) is 9.90. The maximum absolute atomic E-state index is 13.8. The average Bonchev–Trinajstić information content (AvgIpc) is 2.42. The fraction of sp³-hybridized carbons (Fsp3) is 0.0769. The molecule has 110 valence electrons. The van der Waals surface area contributed by atoms with Gasteiger partial charge in [-0.2, -0.15) is 4.39 Å². The van der Waals surface area contributed by atoms with E-state index in [1.165, 1.54) is 18.2 Å². The molecule has 0 spiro atoms. The number of benzene rings is 2. The highest BCUT2D eigenvalue weighted by Gasteiger charge is 2.17. The van der Waals surface area contributed by atoms with Gasteiger partial charge in [-0.25, -0.2) is 8.78 Å². The van der Waals surface area contributed by atoms with Crippen molar-refractivity contribution in [1.82, 2.24) is 0 Å². The Kier molecular flexibility index (Phi) is 4.46. The van der Waals surface area contributed by atoms with E-state index in [4.69, 9.17) is 0 Å². The lowest BCUT2D eigenvalue weighted by Crippen LogP contribution is -2.05. The molecule has 0 heterocycles. The van der Waals surface area contributed by atoms with Crippen LogP contribution in [0, 0.1) is 27.6 Å². The van der Waals surface area contributed by atoms with Crippen LogP contribution in [0.15, 0.2) is 34.8 Å². The van der Waals surface area contributed by atoms with Crippen molar-refractivity contribution in [2.24, 2.45) is 0 Å². The molecule has 2 aromatic carbocycles. The molecule has 0 bridgehead atoms. The molecule has 2 rings (SSSR count). The van der Waals surface area contributed by atoms with Crippen molar-refractivity contribution in [3.05, 3.63) is 67.9 Å². The van der Waals surface area contributed by atoms with Crippen LogP contribution in [0.5, 0.6) is 0 Å². The van der Waals surface area contributed by atoms with Crippen molar-refractivity contribution in [2.75, 3.05) is 5.32 Å². The minimum absolute atomic E-state index is 0.00375. The van der Waals surface area contributed by atoms with Gasteiger partial charge >= 0.3 is 5.69 Å². The predicted octanol–water partition coefficient (Wildman–Crippen LogP) is 4.39. The molecule has 0 unspecified atom stereocenters. The summed E-state index contributed by atoms with van der Waals surface area (Å²) in [5.74, 6) is -2.60. The monoisotopic (exact) mass is 360 g/mol. The van der Waals surface area contributed by atoms with Gasteiger partial charge in [-0.1, -0.05) is 12.1 Å². The van der Waals surface area contributed by atoms with Crippen molar-refractivity contribution < 1.29 is 18.1 Å². The van der Waals surface area contributed by atoms with Crippen LogP contribution in [-0.4, -0.2) is 4.92 Å². The van der Waals surface area contributed by atoms with Crippen LogP contribution in [0.4, 0.5) is 24.5 Å². The Morgan fingerprint density at radius 1 is 1.19 bits per heavy atom. The standard InChI is InChI=1S/C13H8BrF3N2O2/c14-8-4-11(10(16)5-9(8)15)18-6-7-2-1-3-12(13(7)17)19(20)21/h1-5,18H,6H2. The van der Waals surface area contributed by atoms with Gasteiger partial charge in [-0.15, -0.1) is 0 Å². The molecule has 8 heteroatoms. The van der Waals surface area contributed by atoms with Crippen LogP contribution in [0.1, 0.15) is 5.56 Å². The quantitative estimate of drug-likeness (QED) is 0.499. The highest BCUT2D eigenvalue weighted by atomic mass is 79.9. The Hall–Kier alpha value is -2.09.